The van der Waals surface area contributed by atoms with Gasteiger partial charge in [-0.2, -0.15) is 0 Å². The molecule has 8 rings (SSSR count). The molecule has 0 bridgehead atoms. The summed E-state index contributed by atoms with van der Waals surface area (Å²) >= 11 is 0. The number of rotatable bonds is 8. The molecule has 4 aromatic carbocycles. The standard InChI is InChI=1S/2C20H15FN2O5/c2*21-13-3-1-2-12(8-13)19-10-17(24)16-9-15(5-6-18(16)28-19)27-20-7-4-14(11-22-20)23(25)26/h2*1-9,11,17,19,24H,10H2. The molecule has 2 aliphatic rings. The molecule has 284 valence electrons. The summed E-state index contributed by atoms with van der Waals surface area (Å²) in [5.41, 5.74) is 2.13. The van der Waals surface area contributed by atoms with E-state index in [1.807, 2.05) is 0 Å². The Morgan fingerprint density at radius 1 is 0.607 bits per heavy atom. The lowest BCUT2D eigenvalue weighted by molar-refractivity contribution is -0.385. The molecule has 0 radical (unpaired) electrons. The van der Waals surface area contributed by atoms with E-state index < -0.39 is 34.3 Å². The van der Waals surface area contributed by atoms with Crippen molar-refractivity contribution < 1.29 is 47.8 Å². The lowest BCUT2D eigenvalue weighted by Crippen LogP contribution is -2.19. The van der Waals surface area contributed by atoms with Gasteiger partial charge in [0.25, 0.3) is 11.4 Å². The summed E-state index contributed by atoms with van der Waals surface area (Å²) < 4.78 is 50.0. The van der Waals surface area contributed by atoms with Crippen molar-refractivity contribution in [1.82, 2.24) is 9.97 Å². The van der Waals surface area contributed by atoms with E-state index >= 15 is 0 Å². The molecule has 4 unspecified atom stereocenters. The molecule has 4 atom stereocenters. The Morgan fingerprint density at radius 3 is 1.39 bits per heavy atom. The first-order chi connectivity index (χ1) is 27.0. The van der Waals surface area contributed by atoms with Crippen LogP contribution in [0.5, 0.6) is 34.8 Å². The summed E-state index contributed by atoms with van der Waals surface area (Å²) in [5.74, 6) is 1.44. The van der Waals surface area contributed by atoms with Crippen LogP contribution >= 0.6 is 0 Å². The van der Waals surface area contributed by atoms with E-state index in [0.29, 0.717) is 45.3 Å². The number of aromatic nitrogens is 2. The highest BCUT2D eigenvalue weighted by Gasteiger charge is 2.30. The molecule has 2 aliphatic heterocycles. The molecule has 4 heterocycles. The molecule has 0 spiro atoms. The predicted molar refractivity (Wildman–Crippen MR) is 194 cm³/mol. The van der Waals surface area contributed by atoms with Gasteiger partial charge in [0.2, 0.25) is 11.8 Å². The van der Waals surface area contributed by atoms with Gasteiger partial charge in [-0.3, -0.25) is 20.2 Å². The van der Waals surface area contributed by atoms with Crippen LogP contribution in [0, 0.1) is 31.9 Å². The largest absolute Gasteiger partial charge is 0.485 e. The van der Waals surface area contributed by atoms with Crippen LogP contribution in [0.2, 0.25) is 0 Å². The smallest absolute Gasteiger partial charge is 0.287 e. The van der Waals surface area contributed by atoms with Crippen molar-refractivity contribution in [3.05, 3.63) is 176 Å². The van der Waals surface area contributed by atoms with Gasteiger partial charge >= 0.3 is 0 Å². The van der Waals surface area contributed by atoms with Crippen molar-refractivity contribution in [3.8, 4) is 34.8 Å². The lowest BCUT2D eigenvalue weighted by atomic mass is 9.95. The molecular weight excluding hydrogens is 734 g/mol. The molecular formula is C40H30F2N4O10. The molecule has 0 fully saturated rings. The Labute approximate surface area is 316 Å². The Kier molecular flexibility index (Phi) is 10.7. The Hall–Kier alpha value is -7.04. The molecule has 14 nitrogen and oxygen atoms in total. The number of halogens is 2. The van der Waals surface area contributed by atoms with E-state index in [4.69, 9.17) is 18.9 Å². The zero-order valence-electron chi connectivity index (χ0n) is 29.0. The number of nitrogens with zero attached hydrogens (tertiary/aromatic N) is 4. The maximum atomic E-state index is 13.5. The number of aliphatic hydroxyl groups is 2. The van der Waals surface area contributed by atoms with Crippen LogP contribution in [0.1, 0.15) is 59.5 Å². The van der Waals surface area contributed by atoms with E-state index in [1.165, 1.54) is 48.5 Å². The van der Waals surface area contributed by atoms with Gasteiger partial charge in [-0.15, -0.1) is 0 Å². The zero-order chi connectivity index (χ0) is 39.3. The average Bonchev–Trinajstić information content (AvgIpc) is 3.19. The van der Waals surface area contributed by atoms with E-state index in [0.717, 1.165) is 12.4 Å². The van der Waals surface area contributed by atoms with Crippen molar-refractivity contribution >= 4 is 11.4 Å². The van der Waals surface area contributed by atoms with Gasteiger partial charge in [0.15, 0.2) is 0 Å². The van der Waals surface area contributed by atoms with Gasteiger partial charge in [0, 0.05) is 48.2 Å². The second kappa shape index (κ2) is 16.1. The molecule has 0 amide bonds. The van der Waals surface area contributed by atoms with Crippen LogP contribution in [-0.2, 0) is 0 Å². The maximum Gasteiger partial charge on any atom is 0.287 e. The second-order valence-electron chi connectivity index (χ2n) is 12.7. The van der Waals surface area contributed by atoms with Gasteiger partial charge in [-0.05, 0) is 71.8 Å². The number of ether oxygens (including phenoxy) is 4. The molecule has 0 saturated heterocycles. The van der Waals surface area contributed by atoms with E-state index in [1.54, 1.807) is 60.7 Å². The van der Waals surface area contributed by atoms with E-state index in [2.05, 4.69) is 9.97 Å². The van der Waals surface area contributed by atoms with Gasteiger partial charge < -0.3 is 29.2 Å². The molecule has 2 N–H and O–H groups in total. The van der Waals surface area contributed by atoms with Gasteiger partial charge in [-0.25, -0.2) is 18.7 Å². The van der Waals surface area contributed by atoms with Crippen LogP contribution in [-0.4, -0.2) is 30.0 Å². The van der Waals surface area contributed by atoms with E-state index in [9.17, 15) is 39.2 Å². The number of fused-ring (bicyclic) bond motifs is 2. The van der Waals surface area contributed by atoms with Crippen molar-refractivity contribution in [3.63, 3.8) is 0 Å². The molecule has 56 heavy (non-hydrogen) atoms. The third-order valence-corrected chi connectivity index (χ3v) is 8.84. The maximum absolute atomic E-state index is 13.5. The molecule has 0 aliphatic carbocycles. The Balaban J connectivity index is 0.000000172. The average molecular weight is 765 g/mol. The summed E-state index contributed by atoms with van der Waals surface area (Å²) in [6.07, 6.45) is 0.217. The fourth-order valence-electron chi connectivity index (χ4n) is 6.12. The number of pyridine rings is 2. The third-order valence-electron chi connectivity index (χ3n) is 8.84. The number of hydrogen-bond acceptors (Lipinski definition) is 12. The van der Waals surface area contributed by atoms with Gasteiger partial charge in [-0.1, -0.05) is 24.3 Å². The number of hydrogen-bond donors (Lipinski definition) is 2. The summed E-state index contributed by atoms with van der Waals surface area (Å²) in [5, 5.41) is 42.4. The fraction of sp³-hybridized carbons (Fsp3) is 0.150. The van der Waals surface area contributed by atoms with Crippen LogP contribution in [0.4, 0.5) is 20.2 Å². The molecule has 16 heteroatoms. The summed E-state index contributed by atoms with van der Waals surface area (Å²) in [7, 11) is 0. The van der Waals surface area contributed by atoms with Gasteiger partial charge in [0.05, 0.1) is 22.1 Å². The molecule has 6 aromatic rings. The first-order valence-electron chi connectivity index (χ1n) is 17.0. The number of nitro groups is 2. The minimum Gasteiger partial charge on any atom is -0.485 e. The number of benzene rings is 4. The first-order valence-corrected chi connectivity index (χ1v) is 17.0. The van der Waals surface area contributed by atoms with Crippen molar-refractivity contribution in [2.45, 2.75) is 37.3 Å². The third kappa shape index (κ3) is 8.67. The first kappa shape index (κ1) is 37.3. The highest BCUT2D eigenvalue weighted by Crippen LogP contribution is 2.44. The minimum absolute atomic E-state index is 0.134. The predicted octanol–water partition coefficient (Wildman–Crippen LogP) is 8.96. The monoisotopic (exact) mass is 764 g/mol. The van der Waals surface area contributed by atoms with E-state index in [-0.39, 0.29) is 47.6 Å². The van der Waals surface area contributed by atoms with Crippen LogP contribution < -0.4 is 18.9 Å². The number of aliphatic hydroxyl groups excluding tert-OH is 2. The highest BCUT2D eigenvalue weighted by atomic mass is 19.1. The Morgan fingerprint density at radius 2 is 1.04 bits per heavy atom. The van der Waals surface area contributed by atoms with Crippen LogP contribution in [0.25, 0.3) is 0 Å². The van der Waals surface area contributed by atoms with Crippen LogP contribution in [0.3, 0.4) is 0 Å². The summed E-state index contributed by atoms with van der Waals surface area (Å²) in [6, 6.07) is 27.4. The van der Waals surface area contributed by atoms with Crippen molar-refractivity contribution in [2.75, 3.05) is 0 Å². The quantitative estimate of drug-likeness (QED) is 0.111. The SMILES string of the molecule is O=[N+]([O-])c1ccc(Oc2ccc3c(c2)C(O)CC(c2cccc(F)c2)O3)nc1.O=[N+]([O-])c1ccc(Oc2ccc3c(c2)C(O)CC(c2cccc(F)c2)O3)nc1. The lowest BCUT2D eigenvalue weighted by Gasteiger charge is -2.30. The summed E-state index contributed by atoms with van der Waals surface area (Å²) in [6.45, 7) is 0. The Bertz CT molecular complexity index is 2220. The molecule has 0 saturated carbocycles. The van der Waals surface area contributed by atoms with Gasteiger partial charge in [0.1, 0.15) is 59.2 Å². The second-order valence-corrected chi connectivity index (χ2v) is 12.7. The minimum atomic E-state index is -0.814. The van der Waals surface area contributed by atoms with Crippen LogP contribution in [0.15, 0.2) is 122 Å². The van der Waals surface area contributed by atoms with Crippen molar-refractivity contribution in [1.29, 1.82) is 0 Å². The fourth-order valence-corrected chi connectivity index (χ4v) is 6.12. The highest BCUT2D eigenvalue weighted by molar-refractivity contribution is 5.46. The molecule has 2 aromatic heterocycles. The normalized spacial score (nSPS) is 18.1. The summed E-state index contributed by atoms with van der Waals surface area (Å²) in [4.78, 5) is 28.1. The topological polar surface area (TPSA) is 189 Å². The van der Waals surface area contributed by atoms with Crippen molar-refractivity contribution in [2.24, 2.45) is 0 Å². The zero-order valence-corrected chi connectivity index (χ0v) is 29.0.